The Bertz CT molecular complexity index is 1110. The van der Waals surface area contributed by atoms with Crippen LogP contribution < -0.4 is 4.90 Å². The van der Waals surface area contributed by atoms with Crippen LogP contribution in [0.4, 0.5) is 10.5 Å². The van der Waals surface area contributed by atoms with Crippen molar-refractivity contribution < 1.29 is 14.3 Å². The van der Waals surface area contributed by atoms with Crippen molar-refractivity contribution in [3.63, 3.8) is 0 Å². The summed E-state index contributed by atoms with van der Waals surface area (Å²) in [5, 5.41) is 0.886. The Hall–Kier alpha value is -3.09. The minimum atomic E-state index is -0.411. The number of cyclic esters (lactones) is 1. The van der Waals surface area contributed by atoms with E-state index in [4.69, 9.17) is 27.9 Å². The number of pyridine rings is 1. The van der Waals surface area contributed by atoms with Gasteiger partial charge >= 0.3 is 6.09 Å². The van der Waals surface area contributed by atoms with E-state index in [1.54, 1.807) is 47.5 Å². The van der Waals surface area contributed by atoms with Gasteiger partial charge in [-0.25, -0.2) is 4.79 Å². The monoisotopic (exact) mass is 455 g/mol. The second-order valence-corrected chi connectivity index (χ2v) is 7.86. The van der Waals surface area contributed by atoms with Crippen LogP contribution in [-0.4, -0.2) is 35.0 Å². The number of nitrogens with zero attached hydrogens (tertiary/aromatic N) is 3. The number of carbonyl (C=O) groups is 2. The van der Waals surface area contributed by atoms with E-state index in [1.165, 1.54) is 4.90 Å². The Balaban J connectivity index is 1.63. The summed E-state index contributed by atoms with van der Waals surface area (Å²) in [7, 11) is 0. The fourth-order valence-corrected chi connectivity index (χ4v) is 3.68. The number of anilines is 1. The van der Waals surface area contributed by atoms with Gasteiger partial charge in [0, 0.05) is 24.0 Å². The lowest BCUT2D eigenvalue weighted by atomic mass is 10.1. The first kappa shape index (κ1) is 21.2. The first-order valence-corrected chi connectivity index (χ1v) is 10.4. The molecule has 2 heterocycles. The molecular weight excluding hydrogens is 437 g/mol. The molecule has 0 radical (unpaired) electrons. The molecule has 0 saturated carbocycles. The molecule has 8 heteroatoms. The van der Waals surface area contributed by atoms with Gasteiger partial charge in [-0.1, -0.05) is 41.4 Å². The number of carbonyl (C=O) groups excluding carboxylic acids is 2. The van der Waals surface area contributed by atoms with Gasteiger partial charge < -0.3 is 9.64 Å². The van der Waals surface area contributed by atoms with Crippen LogP contribution in [0, 0.1) is 0 Å². The molecule has 158 valence electrons. The minimum absolute atomic E-state index is 0.189. The molecule has 3 aromatic rings. The standard InChI is InChI=1S/C23H19Cl2N3O3/c24-20-8-7-16(12-21(20)25)14-27(15-18-5-1-2-9-26-18)22(29)17-4-3-6-19(13-17)28-10-11-31-23(28)30/h1-9,12-13H,10-11,14-15H2. The SMILES string of the molecule is O=C(c1cccc(N2CCOC2=O)c1)N(Cc1ccc(Cl)c(Cl)c1)Cc1ccccn1. The molecule has 0 aliphatic carbocycles. The Morgan fingerprint density at radius 1 is 1.03 bits per heavy atom. The number of aromatic nitrogens is 1. The Kier molecular flexibility index (Phi) is 6.39. The van der Waals surface area contributed by atoms with Crippen molar-refractivity contribution in [2.75, 3.05) is 18.1 Å². The first-order valence-electron chi connectivity index (χ1n) is 9.69. The maximum Gasteiger partial charge on any atom is 0.414 e. The molecular formula is C23H19Cl2N3O3. The van der Waals surface area contributed by atoms with Crippen molar-refractivity contribution in [1.82, 2.24) is 9.88 Å². The highest BCUT2D eigenvalue weighted by atomic mass is 35.5. The van der Waals surface area contributed by atoms with Gasteiger partial charge in [-0.2, -0.15) is 0 Å². The predicted molar refractivity (Wildman–Crippen MR) is 119 cm³/mol. The molecule has 2 aromatic carbocycles. The highest BCUT2D eigenvalue weighted by Crippen LogP contribution is 2.25. The zero-order valence-corrected chi connectivity index (χ0v) is 18.0. The third-order valence-corrected chi connectivity index (χ3v) is 5.63. The summed E-state index contributed by atoms with van der Waals surface area (Å²) in [6.45, 7) is 1.43. The number of halogens is 2. The van der Waals surface area contributed by atoms with Crippen LogP contribution in [0.15, 0.2) is 66.9 Å². The lowest BCUT2D eigenvalue weighted by Crippen LogP contribution is -2.31. The van der Waals surface area contributed by atoms with E-state index in [1.807, 2.05) is 24.3 Å². The second-order valence-electron chi connectivity index (χ2n) is 7.05. The van der Waals surface area contributed by atoms with Gasteiger partial charge in [0.15, 0.2) is 0 Å². The zero-order valence-electron chi connectivity index (χ0n) is 16.5. The van der Waals surface area contributed by atoms with Crippen LogP contribution in [0.25, 0.3) is 0 Å². The van der Waals surface area contributed by atoms with Gasteiger partial charge in [0.05, 0.1) is 28.8 Å². The zero-order chi connectivity index (χ0) is 21.8. The maximum atomic E-state index is 13.5. The lowest BCUT2D eigenvalue weighted by Gasteiger charge is -2.23. The Labute approximate surface area is 190 Å². The van der Waals surface area contributed by atoms with Crippen LogP contribution in [0.5, 0.6) is 0 Å². The summed E-state index contributed by atoms with van der Waals surface area (Å²) in [5.74, 6) is -0.189. The Morgan fingerprint density at radius 3 is 2.61 bits per heavy atom. The van der Waals surface area contributed by atoms with Gasteiger partial charge in [-0.05, 0) is 48.0 Å². The molecule has 1 aliphatic rings. The van der Waals surface area contributed by atoms with Crippen molar-refractivity contribution >= 4 is 40.9 Å². The van der Waals surface area contributed by atoms with E-state index >= 15 is 0 Å². The van der Waals surface area contributed by atoms with Crippen LogP contribution in [-0.2, 0) is 17.8 Å². The molecule has 31 heavy (non-hydrogen) atoms. The summed E-state index contributed by atoms with van der Waals surface area (Å²) in [6, 6.07) is 17.8. The molecule has 4 rings (SSSR count). The highest BCUT2D eigenvalue weighted by molar-refractivity contribution is 6.42. The maximum absolute atomic E-state index is 13.5. The number of hydrogen-bond acceptors (Lipinski definition) is 4. The molecule has 1 saturated heterocycles. The summed E-state index contributed by atoms with van der Waals surface area (Å²) >= 11 is 12.2. The molecule has 0 bridgehead atoms. The number of rotatable bonds is 6. The fraction of sp³-hybridized carbons (Fsp3) is 0.174. The summed E-state index contributed by atoms with van der Waals surface area (Å²) in [6.07, 6.45) is 1.28. The molecule has 1 aliphatic heterocycles. The quantitative estimate of drug-likeness (QED) is 0.513. The third kappa shape index (κ3) is 4.98. The molecule has 0 atom stereocenters. The largest absolute Gasteiger partial charge is 0.447 e. The molecule has 1 fully saturated rings. The number of benzene rings is 2. The minimum Gasteiger partial charge on any atom is -0.447 e. The van der Waals surface area contributed by atoms with Gasteiger partial charge in [-0.3, -0.25) is 14.7 Å². The van der Waals surface area contributed by atoms with Gasteiger partial charge in [0.1, 0.15) is 6.61 Å². The summed E-state index contributed by atoms with van der Waals surface area (Å²) in [4.78, 5) is 32.9. The van der Waals surface area contributed by atoms with Crippen LogP contribution in [0.3, 0.4) is 0 Å². The highest BCUT2D eigenvalue weighted by Gasteiger charge is 2.25. The summed E-state index contributed by atoms with van der Waals surface area (Å²) in [5.41, 5.74) is 2.70. The fourth-order valence-electron chi connectivity index (χ4n) is 3.36. The van der Waals surface area contributed by atoms with Gasteiger partial charge in [0.25, 0.3) is 5.91 Å². The second kappa shape index (κ2) is 9.37. The number of amides is 2. The van der Waals surface area contributed by atoms with E-state index in [-0.39, 0.29) is 5.91 Å². The van der Waals surface area contributed by atoms with Gasteiger partial charge in [0.2, 0.25) is 0 Å². The smallest absolute Gasteiger partial charge is 0.414 e. The van der Waals surface area contributed by atoms with Crippen molar-refractivity contribution in [3.05, 3.63) is 93.7 Å². The number of ether oxygens (including phenoxy) is 1. The molecule has 1 aromatic heterocycles. The molecule has 6 nitrogen and oxygen atoms in total. The predicted octanol–water partition coefficient (Wildman–Crippen LogP) is 5.19. The van der Waals surface area contributed by atoms with Crippen molar-refractivity contribution in [3.8, 4) is 0 Å². The topological polar surface area (TPSA) is 62.7 Å². The third-order valence-electron chi connectivity index (χ3n) is 4.89. The van der Waals surface area contributed by atoms with Crippen molar-refractivity contribution in [2.45, 2.75) is 13.1 Å². The molecule has 0 unspecified atom stereocenters. The molecule has 0 N–H and O–H groups in total. The van der Waals surface area contributed by atoms with Crippen molar-refractivity contribution in [1.29, 1.82) is 0 Å². The van der Waals surface area contributed by atoms with Crippen molar-refractivity contribution in [2.24, 2.45) is 0 Å². The average Bonchev–Trinajstić information content (AvgIpc) is 3.22. The van der Waals surface area contributed by atoms with E-state index < -0.39 is 6.09 Å². The van der Waals surface area contributed by atoms with E-state index in [9.17, 15) is 9.59 Å². The summed E-state index contributed by atoms with van der Waals surface area (Å²) < 4.78 is 5.01. The van der Waals surface area contributed by atoms with E-state index in [0.29, 0.717) is 47.5 Å². The van der Waals surface area contributed by atoms with Gasteiger partial charge in [-0.15, -0.1) is 0 Å². The lowest BCUT2D eigenvalue weighted by molar-refractivity contribution is 0.0728. The Morgan fingerprint density at radius 2 is 1.90 bits per heavy atom. The van der Waals surface area contributed by atoms with E-state index in [2.05, 4.69) is 4.98 Å². The number of hydrogen-bond donors (Lipinski definition) is 0. The van der Waals surface area contributed by atoms with Crippen LogP contribution in [0.2, 0.25) is 10.0 Å². The first-order chi connectivity index (χ1) is 15.0. The molecule has 0 spiro atoms. The molecule has 2 amide bonds. The normalized spacial score (nSPS) is 13.2. The van der Waals surface area contributed by atoms with Crippen LogP contribution >= 0.6 is 23.2 Å². The average molecular weight is 456 g/mol. The van der Waals surface area contributed by atoms with E-state index in [0.717, 1.165) is 11.3 Å². The van der Waals surface area contributed by atoms with Crippen LogP contribution in [0.1, 0.15) is 21.6 Å².